The number of aromatic nitrogens is 4. The summed E-state index contributed by atoms with van der Waals surface area (Å²) in [7, 11) is 1.94. The first-order chi connectivity index (χ1) is 12.5. The summed E-state index contributed by atoms with van der Waals surface area (Å²) in [5, 5.41) is 7.84. The van der Waals surface area contributed by atoms with Crippen molar-refractivity contribution in [1.82, 2.24) is 19.7 Å². The summed E-state index contributed by atoms with van der Waals surface area (Å²) < 4.78 is 20.6. The Morgan fingerprint density at radius 1 is 1.19 bits per heavy atom. The van der Waals surface area contributed by atoms with Crippen LogP contribution in [0, 0.1) is 19.7 Å². The first-order valence-corrected chi connectivity index (χ1v) is 8.51. The smallest absolute Gasteiger partial charge is 0.226 e. The number of halogens is 1. The fourth-order valence-corrected chi connectivity index (χ4v) is 2.92. The standard InChI is InChI=1S/C19H22FN5O/c1-5-16(18-12(2)24-25(4)13(18)3)22-19-21-11-10-17(23-19)26-15-8-6-14(20)7-9-15/h6-11,16H,5H2,1-4H3,(H,21,22,23). The lowest BCUT2D eigenvalue weighted by Crippen LogP contribution is -2.14. The van der Waals surface area contributed by atoms with Crippen molar-refractivity contribution >= 4 is 5.95 Å². The minimum Gasteiger partial charge on any atom is -0.439 e. The van der Waals surface area contributed by atoms with E-state index < -0.39 is 0 Å². The lowest BCUT2D eigenvalue weighted by Gasteiger charge is -2.18. The third-order valence-corrected chi connectivity index (χ3v) is 4.29. The predicted octanol–water partition coefficient (Wildman–Crippen LogP) is 4.32. The molecule has 2 heterocycles. The van der Waals surface area contributed by atoms with Crippen LogP contribution >= 0.6 is 0 Å². The van der Waals surface area contributed by atoms with Gasteiger partial charge in [-0.1, -0.05) is 6.92 Å². The highest BCUT2D eigenvalue weighted by Gasteiger charge is 2.19. The number of nitrogens with zero attached hydrogens (tertiary/aromatic N) is 4. The zero-order valence-corrected chi connectivity index (χ0v) is 15.3. The van der Waals surface area contributed by atoms with E-state index in [1.807, 2.05) is 18.7 Å². The molecular formula is C19H22FN5O. The number of aryl methyl sites for hydroxylation is 2. The zero-order valence-electron chi connectivity index (χ0n) is 15.3. The molecule has 2 aromatic heterocycles. The molecule has 0 fully saturated rings. The molecular weight excluding hydrogens is 333 g/mol. The van der Waals surface area contributed by atoms with Gasteiger partial charge in [-0.25, -0.2) is 9.37 Å². The largest absolute Gasteiger partial charge is 0.439 e. The van der Waals surface area contributed by atoms with Crippen molar-refractivity contribution in [3.8, 4) is 11.6 Å². The van der Waals surface area contributed by atoms with Crippen LogP contribution in [0.4, 0.5) is 10.3 Å². The lowest BCUT2D eigenvalue weighted by molar-refractivity contribution is 0.460. The molecule has 136 valence electrons. The first kappa shape index (κ1) is 17.8. The van der Waals surface area contributed by atoms with E-state index in [0.717, 1.165) is 23.4 Å². The average Bonchev–Trinajstić information content (AvgIpc) is 2.88. The summed E-state index contributed by atoms with van der Waals surface area (Å²) in [5.41, 5.74) is 3.26. The van der Waals surface area contributed by atoms with E-state index in [4.69, 9.17) is 4.74 Å². The molecule has 0 amide bonds. The molecule has 1 unspecified atom stereocenters. The first-order valence-electron chi connectivity index (χ1n) is 8.51. The van der Waals surface area contributed by atoms with Crippen LogP contribution in [0.5, 0.6) is 11.6 Å². The van der Waals surface area contributed by atoms with Gasteiger partial charge in [0.15, 0.2) is 0 Å². The molecule has 1 N–H and O–H groups in total. The van der Waals surface area contributed by atoms with E-state index in [2.05, 4.69) is 34.2 Å². The van der Waals surface area contributed by atoms with Crippen LogP contribution in [-0.4, -0.2) is 19.7 Å². The summed E-state index contributed by atoms with van der Waals surface area (Å²) in [4.78, 5) is 8.69. The minimum absolute atomic E-state index is 0.0461. The summed E-state index contributed by atoms with van der Waals surface area (Å²) in [6, 6.07) is 7.51. The number of hydrogen-bond acceptors (Lipinski definition) is 5. The molecule has 0 aliphatic rings. The highest BCUT2D eigenvalue weighted by Crippen LogP contribution is 2.27. The fraction of sp³-hybridized carbons (Fsp3) is 0.316. The highest BCUT2D eigenvalue weighted by atomic mass is 19.1. The van der Waals surface area contributed by atoms with Crippen LogP contribution < -0.4 is 10.1 Å². The Labute approximate surface area is 152 Å². The number of rotatable bonds is 6. The maximum absolute atomic E-state index is 13.0. The molecule has 0 radical (unpaired) electrons. The van der Waals surface area contributed by atoms with E-state index >= 15 is 0 Å². The van der Waals surface area contributed by atoms with Crippen molar-refractivity contribution in [3.05, 3.63) is 59.3 Å². The van der Waals surface area contributed by atoms with Crippen LogP contribution in [0.1, 0.15) is 36.3 Å². The Hall–Kier alpha value is -2.96. The number of nitrogens with one attached hydrogen (secondary N) is 1. The molecule has 0 spiro atoms. The van der Waals surface area contributed by atoms with Crippen LogP contribution in [0.25, 0.3) is 0 Å². The minimum atomic E-state index is -0.310. The van der Waals surface area contributed by atoms with E-state index in [0.29, 0.717) is 17.6 Å². The summed E-state index contributed by atoms with van der Waals surface area (Å²) in [6.07, 6.45) is 2.49. The van der Waals surface area contributed by atoms with Gasteiger partial charge in [0.05, 0.1) is 11.7 Å². The molecule has 0 bridgehead atoms. The van der Waals surface area contributed by atoms with Crippen LogP contribution in [0.15, 0.2) is 36.5 Å². The topological polar surface area (TPSA) is 64.9 Å². The van der Waals surface area contributed by atoms with E-state index in [-0.39, 0.29) is 11.9 Å². The number of ether oxygens (including phenoxy) is 1. The average molecular weight is 355 g/mol. The molecule has 7 heteroatoms. The maximum Gasteiger partial charge on any atom is 0.226 e. The van der Waals surface area contributed by atoms with Crippen molar-refractivity contribution in [1.29, 1.82) is 0 Å². The Morgan fingerprint density at radius 3 is 2.54 bits per heavy atom. The summed E-state index contributed by atoms with van der Waals surface area (Å²) in [5.74, 6) is 1.07. The molecule has 6 nitrogen and oxygen atoms in total. The molecule has 3 rings (SSSR count). The van der Waals surface area contributed by atoms with Gasteiger partial charge in [0, 0.05) is 30.6 Å². The normalized spacial score (nSPS) is 12.0. The third-order valence-electron chi connectivity index (χ3n) is 4.29. The van der Waals surface area contributed by atoms with Crippen LogP contribution in [0.2, 0.25) is 0 Å². The molecule has 0 saturated carbocycles. The van der Waals surface area contributed by atoms with Gasteiger partial charge in [0.25, 0.3) is 0 Å². The van der Waals surface area contributed by atoms with Crippen molar-refractivity contribution in [2.75, 3.05) is 5.32 Å². The zero-order chi connectivity index (χ0) is 18.7. The van der Waals surface area contributed by atoms with Gasteiger partial charge in [-0.3, -0.25) is 4.68 Å². The molecule has 0 saturated heterocycles. The second kappa shape index (κ2) is 7.51. The van der Waals surface area contributed by atoms with Crippen molar-refractivity contribution in [3.63, 3.8) is 0 Å². The molecule has 26 heavy (non-hydrogen) atoms. The van der Waals surface area contributed by atoms with Gasteiger partial charge in [-0.05, 0) is 44.5 Å². The summed E-state index contributed by atoms with van der Waals surface area (Å²) >= 11 is 0. The Kier molecular flexibility index (Phi) is 5.16. The molecule has 1 atom stereocenters. The quantitative estimate of drug-likeness (QED) is 0.713. The molecule has 1 aromatic carbocycles. The van der Waals surface area contributed by atoms with E-state index in [1.165, 1.54) is 12.1 Å². The summed E-state index contributed by atoms with van der Waals surface area (Å²) in [6.45, 7) is 6.15. The Morgan fingerprint density at radius 2 is 1.92 bits per heavy atom. The van der Waals surface area contributed by atoms with Gasteiger partial charge in [0.1, 0.15) is 11.6 Å². The van der Waals surface area contributed by atoms with Gasteiger partial charge in [-0.15, -0.1) is 0 Å². The van der Waals surface area contributed by atoms with Gasteiger partial charge in [0.2, 0.25) is 11.8 Å². The number of benzene rings is 1. The van der Waals surface area contributed by atoms with Gasteiger partial charge < -0.3 is 10.1 Å². The Bertz CT molecular complexity index is 891. The second-order valence-corrected chi connectivity index (χ2v) is 6.09. The monoisotopic (exact) mass is 355 g/mol. The SMILES string of the molecule is CCC(Nc1nccc(Oc2ccc(F)cc2)n1)c1c(C)nn(C)c1C. The van der Waals surface area contributed by atoms with Crippen molar-refractivity contribution in [2.45, 2.75) is 33.2 Å². The van der Waals surface area contributed by atoms with Crippen molar-refractivity contribution < 1.29 is 9.13 Å². The van der Waals surface area contributed by atoms with Gasteiger partial charge >= 0.3 is 0 Å². The second-order valence-electron chi connectivity index (χ2n) is 6.09. The maximum atomic E-state index is 13.0. The van der Waals surface area contributed by atoms with Crippen LogP contribution in [0.3, 0.4) is 0 Å². The predicted molar refractivity (Wildman–Crippen MR) is 97.8 cm³/mol. The number of hydrogen-bond donors (Lipinski definition) is 1. The van der Waals surface area contributed by atoms with Gasteiger partial charge in [-0.2, -0.15) is 10.1 Å². The molecule has 0 aliphatic carbocycles. The fourth-order valence-electron chi connectivity index (χ4n) is 2.92. The highest BCUT2D eigenvalue weighted by molar-refractivity contribution is 5.38. The molecule has 3 aromatic rings. The Balaban J connectivity index is 1.79. The molecule has 0 aliphatic heterocycles. The van der Waals surface area contributed by atoms with E-state index in [9.17, 15) is 4.39 Å². The van der Waals surface area contributed by atoms with Crippen LogP contribution in [-0.2, 0) is 7.05 Å². The lowest BCUT2D eigenvalue weighted by atomic mass is 10.0. The number of anilines is 1. The third kappa shape index (κ3) is 3.82. The van der Waals surface area contributed by atoms with Crippen molar-refractivity contribution in [2.24, 2.45) is 7.05 Å². The van der Waals surface area contributed by atoms with E-state index in [1.54, 1.807) is 24.4 Å².